The lowest BCUT2D eigenvalue weighted by atomic mass is 10.0. The quantitative estimate of drug-likeness (QED) is 0.652. The van der Waals surface area contributed by atoms with Gasteiger partial charge in [0, 0.05) is 38.8 Å². The van der Waals surface area contributed by atoms with E-state index in [-0.39, 0.29) is 17.9 Å². The van der Waals surface area contributed by atoms with Gasteiger partial charge in [-0.15, -0.1) is 0 Å². The van der Waals surface area contributed by atoms with Gasteiger partial charge in [-0.05, 0) is 32.7 Å². The van der Waals surface area contributed by atoms with Gasteiger partial charge in [0.2, 0.25) is 0 Å². The molecule has 5 heteroatoms. The first-order valence-corrected chi connectivity index (χ1v) is 7.45. The van der Waals surface area contributed by atoms with E-state index in [0.29, 0.717) is 13.1 Å². The third-order valence-corrected chi connectivity index (χ3v) is 4.35. The molecule has 2 aliphatic rings. The maximum atomic E-state index is 12.3. The Morgan fingerprint density at radius 3 is 2.26 bits per heavy atom. The fourth-order valence-electron chi connectivity index (χ4n) is 2.93. The van der Waals surface area contributed by atoms with Gasteiger partial charge in [-0.3, -0.25) is 9.59 Å². The third kappa shape index (κ3) is 3.26. The molecule has 0 aromatic rings. The Hall–Kier alpha value is -1.10. The highest BCUT2D eigenvalue weighted by Crippen LogP contribution is 2.17. The van der Waals surface area contributed by atoms with Gasteiger partial charge in [-0.1, -0.05) is 6.92 Å². The van der Waals surface area contributed by atoms with Crippen molar-refractivity contribution in [2.24, 2.45) is 0 Å². The van der Waals surface area contributed by atoms with Crippen LogP contribution in [0.2, 0.25) is 0 Å². The molecule has 2 aliphatic heterocycles. The summed E-state index contributed by atoms with van der Waals surface area (Å²) in [6.45, 7) is 9.04. The molecule has 0 aromatic heterocycles. The molecule has 2 rings (SSSR count). The average Bonchev–Trinajstić information content (AvgIpc) is 2.46. The topological polar surface area (TPSA) is 43.9 Å². The summed E-state index contributed by atoms with van der Waals surface area (Å²) < 4.78 is 0. The Labute approximate surface area is 115 Å². The second kappa shape index (κ2) is 6.37. The SMILES string of the molecule is CCN1CCN(C(=O)C(=O)N2CCCCC2C)CC1. The molecule has 0 bridgehead atoms. The molecule has 0 saturated carbocycles. The van der Waals surface area contributed by atoms with E-state index >= 15 is 0 Å². The molecule has 0 aromatic carbocycles. The van der Waals surface area contributed by atoms with Crippen LogP contribution in [-0.4, -0.2) is 71.8 Å². The van der Waals surface area contributed by atoms with Gasteiger partial charge in [-0.25, -0.2) is 0 Å². The van der Waals surface area contributed by atoms with Crippen LogP contribution >= 0.6 is 0 Å². The lowest BCUT2D eigenvalue weighted by molar-refractivity contribution is -0.154. The molecule has 5 nitrogen and oxygen atoms in total. The molecule has 0 N–H and O–H groups in total. The van der Waals surface area contributed by atoms with Crippen LogP contribution in [0, 0.1) is 0 Å². The van der Waals surface area contributed by atoms with Gasteiger partial charge in [0.1, 0.15) is 0 Å². The Morgan fingerprint density at radius 2 is 1.68 bits per heavy atom. The van der Waals surface area contributed by atoms with E-state index in [0.717, 1.165) is 45.4 Å². The number of likely N-dealkylation sites (N-methyl/N-ethyl adjacent to an activating group) is 1. The number of likely N-dealkylation sites (tertiary alicyclic amines) is 1. The lowest BCUT2D eigenvalue weighted by Gasteiger charge is -2.37. The third-order valence-electron chi connectivity index (χ3n) is 4.35. The van der Waals surface area contributed by atoms with Crippen LogP contribution in [0.5, 0.6) is 0 Å². The number of piperidine rings is 1. The van der Waals surface area contributed by atoms with E-state index in [4.69, 9.17) is 0 Å². The highest BCUT2D eigenvalue weighted by atomic mass is 16.2. The molecule has 2 amide bonds. The Kier molecular flexibility index (Phi) is 4.80. The van der Waals surface area contributed by atoms with E-state index in [1.807, 2.05) is 6.92 Å². The van der Waals surface area contributed by atoms with Crippen LogP contribution in [0.25, 0.3) is 0 Å². The summed E-state index contributed by atoms with van der Waals surface area (Å²) in [5.74, 6) is -0.596. The van der Waals surface area contributed by atoms with Gasteiger partial charge >= 0.3 is 11.8 Å². The highest BCUT2D eigenvalue weighted by Gasteiger charge is 2.32. The van der Waals surface area contributed by atoms with E-state index in [1.165, 1.54) is 0 Å². The first kappa shape index (κ1) is 14.3. The molecule has 2 saturated heterocycles. The number of carbonyl (C=O) groups excluding carboxylic acids is 2. The lowest BCUT2D eigenvalue weighted by Crippen LogP contribution is -2.55. The second-order valence-corrected chi connectivity index (χ2v) is 5.57. The summed E-state index contributed by atoms with van der Waals surface area (Å²) in [6, 6.07) is 0.210. The molecule has 0 spiro atoms. The minimum Gasteiger partial charge on any atom is -0.332 e. The Morgan fingerprint density at radius 1 is 1.00 bits per heavy atom. The minimum atomic E-state index is -0.301. The fourth-order valence-corrected chi connectivity index (χ4v) is 2.93. The number of hydrogen-bond donors (Lipinski definition) is 0. The van der Waals surface area contributed by atoms with E-state index < -0.39 is 0 Å². The van der Waals surface area contributed by atoms with Crippen molar-refractivity contribution in [2.75, 3.05) is 39.3 Å². The molecular formula is C14H25N3O2. The van der Waals surface area contributed by atoms with Gasteiger partial charge in [0.05, 0.1) is 0 Å². The summed E-state index contributed by atoms with van der Waals surface area (Å²) in [6.07, 6.45) is 3.20. The maximum absolute atomic E-state index is 12.3. The van der Waals surface area contributed by atoms with Crippen LogP contribution in [0.3, 0.4) is 0 Å². The van der Waals surface area contributed by atoms with Crippen LogP contribution in [0.15, 0.2) is 0 Å². The van der Waals surface area contributed by atoms with Gasteiger partial charge in [0.15, 0.2) is 0 Å². The number of nitrogens with zero attached hydrogens (tertiary/aromatic N) is 3. The van der Waals surface area contributed by atoms with Crippen molar-refractivity contribution < 1.29 is 9.59 Å². The second-order valence-electron chi connectivity index (χ2n) is 5.57. The van der Waals surface area contributed by atoms with E-state index in [9.17, 15) is 9.59 Å². The zero-order valence-corrected chi connectivity index (χ0v) is 12.1. The van der Waals surface area contributed by atoms with Gasteiger partial charge in [0.25, 0.3) is 0 Å². The summed E-state index contributed by atoms with van der Waals surface area (Å²) in [5.41, 5.74) is 0. The monoisotopic (exact) mass is 267 g/mol. The Balaban J connectivity index is 1.90. The largest absolute Gasteiger partial charge is 0.332 e. The number of rotatable bonds is 1. The predicted octanol–water partition coefficient (Wildman–Crippen LogP) is 0.552. The van der Waals surface area contributed by atoms with Crippen molar-refractivity contribution >= 4 is 11.8 Å². The number of hydrogen-bond acceptors (Lipinski definition) is 3. The molecule has 19 heavy (non-hydrogen) atoms. The van der Waals surface area contributed by atoms with Crippen molar-refractivity contribution in [3.05, 3.63) is 0 Å². The van der Waals surface area contributed by atoms with Crippen molar-refractivity contribution in [1.82, 2.24) is 14.7 Å². The molecule has 0 aliphatic carbocycles. The zero-order chi connectivity index (χ0) is 13.8. The number of piperazine rings is 1. The van der Waals surface area contributed by atoms with E-state index in [2.05, 4.69) is 11.8 Å². The van der Waals surface area contributed by atoms with Crippen LogP contribution < -0.4 is 0 Å². The molecule has 0 radical (unpaired) electrons. The predicted molar refractivity (Wildman–Crippen MR) is 73.7 cm³/mol. The summed E-state index contributed by atoms with van der Waals surface area (Å²) in [5, 5.41) is 0. The molecule has 2 fully saturated rings. The molecule has 108 valence electrons. The van der Waals surface area contributed by atoms with Gasteiger partial charge < -0.3 is 14.7 Å². The van der Waals surface area contributed by atoms with Crippen molar-refractivity contribution in [1.29, 1.82) is 0 Å². The van der Waals surface area contributed by atoms with Gasteiger partial charge in [-0.2, -0.15) is 0 Å². The van der Waals surface area contributed by atoms with Crippen molar-refractivity contribution in [2.45, 2.75) is 39.2 Å². The van der Waals surface area contributed by atoms with Crippen LogP contribution in [-0.2, 0) is 9.59 Å². The molecule has 2 heterocycles. The number of carbonyl (C=O) groups is 2. The van der Waals surface area contributed by atoms with Crippen molar-refractivity contribution in [3.63, 3.8) is 0 Å². The average molecular weight is 267 g/mol. The zero-order valence-electron chi connectivity index (χ0n) is 12.1. The standard InChI is InChI=1S/C14H25N3O2/c1-3-15-8-10-16(11-9-15)13(18)14(19)17-7-5-4-6-12(17)2/h12H,3-11H2,1-2H3. The number of amides is 2. The van der Waals surface area contributed by atoms with Crippen LogP contribution in [0.4, 0.5) is 0 Å². The minimum absolute atomic E-state index is 0.210. The smallest absolute Gasteiger partial charge is 0.312 e. The normalized spacial score (nSPS) is 25.5. The molecular weight excluding hydrogens is 242 g/mol. The first-order chi connectivity index (χ1) is 9.13. The van der Waals surface area contributed by atoms with Crippen LogP contribution in [0.1, 0.15) is 33.1 Å². The maximum Gasteiger partial charge on any atom is 0.312 e. The summed E-state index contributed by atoms with van der Waals surface area (Å²) in [7, 11) is 0. The summed E-state index contributed by atoms with van der Waals surface area (Å²) in [4.78, 5) is 30.3. The summed E-state index contributed by atoms with van der Waals surface area (Å²) >= 11 is 0. The van der Waals surface area contributed by atoms with Crippen molar-refractivity contribution in [3.8, 4) is 0 Å². The first-order valence-electron chi connectivity index (χ1n) is 7.45. The van der Waals surface area contributed by atoms with E-state index in [1.54, 1.807) is 9.80 Å². The Bertz CT molecular complexity index is 338. The molecule has 1 atom stereocenters. The fraction of sp³-hybridized carbons (Fsp3) is 0.857. The highest BCUT2D eigenvalue weighted by molar-refractivity contribution is 6.35. The molecule has 1 unspecified atom stereocenters.